The summed E-state index contributed by atoms with van der Waals surface area (Å²) in [4.78, 5) is 0. The third kappa shape index (κ3) is 1.33. The van der Waals surface area contributed by atoms with Crippen molar-refractivity contribution in [2.45, 2.75) is 75.8 Å². The Kier molecular flexibility index (Phi) is 2.16. The zero-order chi connectivity index (χ0) is 10.6. The highest BCUT2D eigenvalue weighted by Gasteiger charge is 2.60. The molecular formula is C15H25N. The fourth-order valence-corrected chi connectivity index (χ4v) is 5.38. The molecule has 0 aromatic heterocycles. The van der Waals surface area contributed by atoms with Gasteiger partial charge in [-0.25, -0.2) is 0 Å². The first-order chi connectivity index (χ1) is 7.88. The Hall–Kier alpha value is -0.0400. The summed E-state index contributed by atoms with van der Waals surface area (Å²) in [5.74, 6) is 3.26. The van der Waals surface area contributed by atoms with E-state index >= 15 is 0 Å². The summed E-state index contributed by atoms with van der Waals surface area (Å²) < 4.78 is 0. The maximum atomic E-state index is 4.13. The van der Waals surface area contributed by atoms with Gasteiger partial charge >= 0.3 is 0 Å². The summed E-state index contributed by atoms with van der Waals surface area (Å²) in [6.45, 7) is 0. The molecule has 0 amide bonds. The van der Waals surface area contributed by atoms with Crippen LogP contribution in [0.15, 0.2) is 0 Å². The first kappa shape index (κ1) is 9.94. The van der Waals surface area contributed by atoms with Gasteiger partial charge in [0.2, 0.25) is 0 Å². The molecule has 4 fully saturated rings. The van der Waals surface area contributed by atoms with Crippen LogP contribution >= 0.6 is 0 Å². The lowest BCUT2D eigenvalue weighted by molar-refractivity contribution is 0.0486. The number of piperidine rings is 2. The molecule has 1 nitrogen and oxygen atoms in total. The van der Waals surface area contributed by atoms with E-state index in [4.69, 9.17) is 0 Å². The number of hydrogen-bond donors (Lipinski definition) is 1. The molecule has 0 spiro atoms. The van der Waals surface area contributed by atoms with Gasteiger partial charge in [-0.1, -0.05) is 25.7 Å². The second kappa shape index (κ2) is 3.48. The molecule has 1 N–H and O–H groups in total. The molecule has 2 saturated carbocycles. The van der Waals surface area contributed by atoms with Crippen LogP contribution in [0.5, 0.6) is 0 Å². The largest absolute Gasteiger partial charge is 0.308 e. The number of fused-ring (bicyclic) bond motifs is 4. The van der Waals surface area contributed by atoms with Crippen LogP contribution in [0.25, 0.3) is 0 Å². The molecule has 2 heterocycles. The summed E-state index contributed by atoms with van der Waals surface area (Å²) in [7, 11) is 0. The Morgan fingerprint density at radius 2 is 1.75 bits per heavy atom. The third-order valence-corrected chi connectivity index (χ3v) is 6.12. The molecule has 2 aliphatic heterocycles. The van der Waals surface area contributed by atoms with Crippen molar-refractivity contribution in [3.8, 4) is 0 Å². The molecule has 2 bridgehead atoms. The molecule has 4 atom stereocenters. The molecule has 90 valence electrons. The summed E-state index contributed by atoms with van der Waals surface area (Å²) in [5, 5.41) is 4.13. The monoisotopic (exact) mass is 219 g/mol. The molecule has 0 radical (unpaired) electrons. The average molecular weight is 219 g/mol. The zero-order valence-corrected chi connectivity index (χ0v) is 10.4. The first-order valence-corrected chi connectivity index (χ1v) is 7.66. The smallest absolute Gasteiger partial charge is 0.0243 e. The van der Waals surface area contributed by atoms with Crippen molar-refractivity contribution >= 4 is 0 Å². The maximum Gasteiger partial charge on any atom is 0.0243 e. The van der Waals surface area contributed by atoms with Crippen LogP contribution in [0.2, 0.25) is 0 Å². The van der Waals surface area contributed by atoms with E-state index in [0.717, 1.165) is 23.8 Å². The van der Waals surface area contributed by atoms with E-state index < -0.39 is 0 Å². The maximum absolute atomic E-state index is 4.13. The fourth-order valence-electron chi connectivity index (χ4n) is 5.38. The van der Waals surface area contributed by atoms with Crippen molar-refractivity contribution in [3.63, 3.8) is 0 Å². The Labute approximate surface area is 99.4 Å². The molecule has 2 saturated heterocycles. The van der Waals surface area contributed by atoms with E-state index in [0.29, 0.717) is 5.54 Å². The highest BCUT2D eigenvalue weighted by Crippen LogP contribution is 2.60. The molecule has 4 aliphatic rings. The Balaban J connectivity index is 1.62. The van der Waals surface area contributed by atoms with Crippen molar-refractivity contribution in [3.05, 3.63) is 0 Å². The van der Waals surface area contributed by atoms with Crippen LogP contribution in [0.4, 0.5) is 0 Å². The van der Waals surface area contributed by atoms with Crippen LogP contribution < -0.4 is 5.32 Å². The summed E-state index contributed by atoms with van der Waals surface area (Å²) in [5.41, 5.74) is 0.631. The van der Waals surface area contributed by atoms with Crippen LogP contribution in [0, 0.1) is 17.8 Å². The van der Waals surface area contributed by atoms with Crippen LogP contribution in [0.1, 0.15) is 64.2 Å². The second-order valence-electron chi connectivity index (χ2n) is 6.95. The number of rotatable bonds is 1. The van der Waals surface area contributed by atoms with E-state index in [1.54, 1.807) is 6.42 Å². The highest BCUT2D eigenvalue weighted by molar-refractivity contribution is 5.16. The van der Waals surface area contributed by atoms with E-state index in [-0.39, 0.29) is 0 Å². The van der Waals surface area contributed by atoms with Gasteiger partial charge in [0, 0.05) is 11.6 Å². The van der Waals surface area contributed by atoms with Gasteiger partial charge in [0.25, 0.3) is 0 Å². The lowest BCUT2D eigenvalue weighted by Crippen LogP contribution is -2.62. The predicted octanol–water partition coefficient (Wildman–Crippen LogP) is 3.49. The third-order valence-electron chi connectivity index (χ3n) is 6.12. The molecule has 1 heteroatoms. The zero-order valence-electron chi connectivity index (χ0n) is 10.4. The molecule has 4 rings (SSSR count). The van der Waals surface area contributed by atoms with Gasteiger partial charge in [-0.15, -0.1) is 0 Å². The van der Waals surface area contributed by atoms with Gasteiger partial charge in [-0.3, -0.25) is 0 Å². The summed E-state index contributed by atoms with van der Waals surface area (Å²) in [6.07, 6.45) is 15.2. The average Bonchev–Trinajstić information content (AvgIpc) is 3.10. The molecule has 4 unspecified atom stereocenters. The lowest BCUT2D eigenvalue weighted by Gasteiger charge is -2.52. The second-order valence-corrected chi connectivity index (χ2v) is 6.95. The van der Waals surface area contributed by atoms with Gasteiger partial charge in [-0.05, 0) is 56.3 Å². The quantitative estimate of drug-likeness (QED) is 0.712. The normalized spacial score (nSPS) is 52.1. The Bertz CT molecular complexity index is 281. The predicted molar refractivity (Wildman–Crippen MR) is 66.3 cm³/mol. The van der Waals surface area contributed by atoms with E-state index in [2.05, 4.69) is 5.32 Å². The Morgan fingerprint density at radius 1 is 0.875 bits per heavy atom. The van der Waals surface area contributed by atoms with Crippen molar-refractivity contribution in [1.82, 2.24) is 5.32 Å². The van der Waals surface area contributed by atoms with E-state index in [9.17, 15) is 0 Å². The van der Waals surface area contributed by atoms with Crippen LogP contribution in [-0.4, -0.2) is 11.6 Å². The van der Waals surface area contributed by atoms with Gasteiger partial charge < -0.3 is 5.32 Å². The highest BCUT2D eigenvalue weighted by atomic mass is 15.1. The van der Waals surface area contributed by atoms with Crippen molar-refractivity contribution in [1.29, 1.82) is 0 Å². The molecule has 0 aromatic rings. The summed E-state index contributed by atoms with van der Waals surface area (Å²) >= 11 is 0. The van der Waals surface area contributed by atoms with Gasteiger partial charge in [-0.2, -0.15) is 0 Å². The minimum atomic E-state index is 0.631. The molecule has 16 heavy (non-hydrogen) atoms. The standard InChI is InChI=1S/C15H25N/c1-2-5-12(6-3-1)15-8-4-7-13(16-15)9-11-10-14(11)15/h11-14,16H,1-10H2. The van der Waals surface area contributed by atoms with Crippen LogP contribution in [0.3, 0.4) is 0 Å². The molecule has 2 aliphatic carbocycles. The summed E-state index contributed by atoms with van der Waals surface area (Å²) in [6, 6.07) is 0.902. The number of hydrogen-bond acceptors (Lipinski definition) is 1. The topological polar surface area (TPSA) is 12.0 Å². The van der Waals surface area contributed by atoms with Crippen molar-refractivity contribution in [2.24, 2.45) is 17.8 Å². The molecular weight excluding hydrogens is 194 g/mol. The fraction of sp³-hybridized carbons (Fsp3) is 1.00. The van der Waals surface area contributed by atoms with Crippen LogP contribution in [-0.2, 0) is 0 Å². The number of nitrogens with one attached hydrogen (secondary N) is 1. The SMILES string of the molecule is C1CCC(C23CCCC(CC4CC42)N3)CC1. The minimum absolute atomic E-state index is 0.631. The van der Waals surface area contributed by atoms with Gasteiger partial charge in [0.05, 0.1) is 0 Å². The Morgan fingerprint density at radius 3 is 2.62 bits per heavy atom. The first-order valence-electron chi connectivity index (χ1n) is 7.66. The van der Waals surface area contributed by atoms with Crippen molar-refractivity contribution in [2.75, 3.05) is 0 Å². The minimum Gasteiger partial charge on any atom is -0.308 e. The lowest BCUT2D eigenvalue weighted by atomic mass is 9.65. The van der Waals surface area contributed by atoms with E-state index in [1.807, 2.05) is 0 Å². The molecule has 0 aromatic carbocycles. The van der Waals surface area contributed by atoms with Gasteiger partial charge in [0.1, 0.15) is 0 Å². The van der Waals surface area contributed by atoms with Crippen molar-refractivity contribution < 1.29 is 0 Å². The van der Waals surface area contributed by atoms with Gasteiger partial charge in [0.15, 0.2) is 0 Å². The van der Waals surface area contributed by atoms with E-state index in [1.165, 1.54) is 57.8 Å².